The maximum atomic E-state index is 11.7. The van der Waals surface area contributed by atoms with E-state index in [1.165, 1.54) is 6.07 Å². The number of para-hydroxylation sites is 1. The van der Waals surface area contributed by atoms with Gasteiger partial charge >= 0.3 is 5.63 Å². The fourth-order valence-electron chi connectivity index (χ4n) is 2.19. The van der Waals surface area contributed by atoms with Crippen LogP contribution >= 0.6 is 15.9 Å². The first kappa shape index (κ1) is 13.9. The van der Waals surface area contributed by atoms with E-state index in [-0.39, 0.29) is 0 Å². The summed E-state index contributed by atoms with van der Waals surface area (Å²) in [4.78, 5) is 11.7. The highest BCUT2D eigenvalue weighted by Gasteiger charge is 2.09. The summed E-state index contributed by atoms with van der Waals surface area (Å²) in [7, 11) is 0. The Balaban J connectivity index is 1.99. The van der Waals surface area contributed by atoms with Crippen molar-refractivity contribution in [3.63, 3.8) is 0 Å². The molecule has 0 unspecified atom stereocenters. The molecule has 3 rings (SSSR count). The van der Waals surface area contributed by atoms with Crippen LogP contribution in [0.25, 0.3) is 11.0 Å². The molecule has 106 valence electrons. The molecule has 0 aliphatic rings. The number of halogens is 1. The Hall–Kier alpha value is -2.07. The van der Waals surface area contributed by atoms with Gasteiger partial charge in [-0.3, -0.25) is 0 Å². The zero-order valence-electron chi connectivity index (χ0n) is 11.4. The second kappa shape index (κ2) is 5.74. The summed E-state index contributed by atoms with van der Waals surface area (Å²) in [6.07, 6.45) is 0. The van der Waals surface area contributed by atoms with Gasteiger partial charge in [0.2, 0.25) is 0 Å². The van der Waals surface area contributed by atoms with E-state index in [0.717, 1.165) is 21.0 Å². The first-order valence-electron chi connectivity index (χ1n) is 6.55. The summed E-state index contributed by atoms with van der Waals surface area (Å²) < 4.78 is 12.1. The van der Waals surface area contributed by atoms with E-state index in [1.54, 1.807) is 0 Å². The van der Waals surface area contributed by atoms with Crippen molar-refractivity contribution in [1.29, 1.82) is 0 Å². The molecule has 2 aromatic carbocycles. The molecule has 1 heterocycles. The summed E-state index contributed by atoms with van der Waals surface area (Å²) in [5.74, 6) is 0.542. The van der Waals surface area contributed by atoms with Crippen molar-refractivity contribution in [2.45, 2.75) is 13.5 Å². The molecule has 0 N–H and O–H groups in total. The largest absolute Gasteiger partial charge is 0.488 e. The highest BCUT2D eigenvalue weighted by Crippen LogP contribution is 2.27. The van der Waals surface area contributed by atoms with Gasteiger partial charge in [0.15, 0.2) is 0 Å². The lowest BCUT2D eigenvalue weighted by Gasteiger charge is -2.10. The van der Waals surface area contributed by atoms with Gasteiger partial charge in [-0.1, -0.05) is 46.3 Å². The van der Waals surface area contributed by atoms with E-state index in [4.69, 9.17) is 9.15 Å². The molecule has 3 aromatic rings. The highest BCUT2D eigenvalue weighted by atomic mass is 79.9. The highest BCUT2D eigenvalue weighted by molar-refractivity contribution is 9.10. The lowest BCUT2D eigenvalue weighted by atomic mass is 10.1. The summed E-state index contributed by atoms with van der Waals surface area (Å²) >= 11 is 3.49. The van der Waals surface area contributed by atoms with Gasteiger partial charge in [-0.2, -0.15) is 0 Å². The Labute approximate surface area is 130 Å². The number of ether oxygens (including phenoxy) is 1. The monoisotopic (exact) mass is 344 g/mol. The maximum absolute atomic E-state index is 11.7. The second-order valence-electron chi connectivity index (χ2n) is 4.76. The van der Waals surface area contributed by atoms with Gasteiger partial charge in [0, 0.05) is 10.0 Å². The van der Waals surface area contributed by atoms with Gasteiger partial charge in [-0.15, -0.1) is 0 Å². The third-order valence-electron chi connectivity index (χ3n) is 3.27. The maximum Gasteiger partial charge on any atom is 0.339 e. The molecule has 1 aromatic heterocycles. The van der Waals surface area contributed by atoms with Crippen LogP contribution in [-0.4, -0.2) is 0 Å². The van der Waals surface area contributed by atoms with Crippen LogP contribution in [0, 0.1) is 6.92 Å². The quantitative estimate of drug-likeness (QED) is 0.659. The third kappa shape index (κ3) is 2.85. The lowest BCUT2D eigenvalue weighted by Crippen LogP contribution is -2.03. The molecular weight excluding hydrogens is 332 g/mol. The number of hydrogen-bond acceptors (Lipinski definition) is 3. The van der Waals surface area contributed by atoms with E-state index < -0.39 is 5.63 Å². The fourth-order valence-corrected chi connectivity index (χ4v) is 2.59. The van der Waals surface area contributed by atoms with Crippen molar-refractivity contribution in [2.24, 2.45) is 0 Å². The molecule has 0 bridgehead atoms. The predicted octanol–water partition coefficient (Wildman–Crippen LogP) is 4.44. The van der Waals surface area contributed by atoms with Gasteiger partial charge in [-0.25, -0.2) is 4.79 Å². The summed E-state index contributed by atoms with van der Waals surface area (Å²) in [6, 6.07) is 14.9. The van der Waals surface area contributed by atoms with Crippen molar-refractivity contribution in [3.8, 4) is 5.75 Å². The Morgan fingerprint density at radius 1 is 1.14 bits per heavy atom. The zero-order chi connectivity index (χ0) is 14.8. The SMILES string of the molecule is Cc1cccc2c(OCc3ccccc3Br)cc(=O)oc12. The van der Waals surface area contributed by atoms with Gasteiger partial charge in [-0.05, 0) is 24.6 Å². The number of hydrogen-bond donors (Lipinski definition) is 0. The smallest absolute Gasteiger partial charge is 0.339 e. The number of aryl methyl sites for hydroxylation is 1. The Morgan fingerprint density at radius 3 is 2.76 bits per heavy atom. The fraction of sp³-hybridized carbons (Fsp3) is 0.118. The molecule has 3 nitrogen and oxygen atoms in total. The van der Waals surface area contributed by atoms with Crippen LogP contribution in [0.4, 0.5) is 0 Å². The van der Waals surface area contributed by atoms with E-state index in [1.807, 2.05) is 49.4 Å². The first-order chi connectivity index (χ1) is 10.1. The molecule has 21 heavy (non-hydrogen) atoms. The van der Waals surface area contributed by atoms with Gasteiger partial charge in [0.05, 0.1) is 11.5 Å². The number of benzene rings is 2. The lowest BCUT2D eigenvalue weighted by molar-refractivity contribution is 0.306. The van der Waals surface area contributed by atoms with Crippen molar-refractivity contribution in [2.75, 3.05) is 0 Å². The van der Waals surface area contributed by atoms with Crippen LogP contribution in [0.15, 0.2) is 62.2 Å². The van der Waals surface area contributed by atoms with Gasteiger partial charge in [0.1, 0.15) is 17.9 Å². The van der Waals surface area contributed by atoms with Crippen molar-refractivity contribution < 1.29 is 9.15 Å². The summed E-state index contributed by atoms with van der Waals surface area (Å²) in [6.45, 7) is 2.29. The minimum absolute atomic E-state index is 0.383. The zero-order valence-corrected chi connectivity index (χ0v) is 13.0. The Kier molecular flexibility index (Phi) is 3.80. The molecular formula is C17H13BrO3. The minimum Gasteiger partial charge on any atom is -0.488 e. The normalized spacial score (nSPS) is 10.8. The van der Waals surface area contributed by atoms with E-state index in [2.05, 4.69) is 15.9 Å². The standard InChI is InChI=1S/C17H13BrO3/c1-11-5-4-7-13-15(9-16(19)21-17(11)13)20-10-12-6-2-3-8-14(12)18/h2-9H,10H2,1H3. The molecule has 0 atom stereocenters. The molecule has 0 fully saturated rings. The predicted molar refractivity (Wildman–Crippen MR) is 85.7 cm³/mol. The average Bonchev–Trinajstić information content (AvgIpc) is 2.47. The Morgan fingerprint density at radius 2 is 1.95 bits per heavy atom. The third-order valence-corrected chi connectivity index (χ3v) is 4.04. The Bertz CT molecular complexity index is 852. The average molecular weight is 345 g/mol. The second-order valence-corrected chi connectivity index (χ2v) is 5.62. The van der Waals surface area contributed by atoms with Gasteiger partial charge in [0.25, 0.3) is 0 Å². The molecule has 0 radical (unpaired) electrons. The molecule has 0 spiro atoms. The van der Waals surface area contributed by atoms with Crippen molar-refractivity contribution in [3.05, 3.63) is 74.6 Å². The van der Waals surface area contributed by atoms with Crippen LogP contribution in [0.5, 0.6) is 5.75 Å². The molecule has 0 saturated heterocycles. The van der Waals surface area contributed by atoms with E-state index in [0.29, 0.717) is 17.9 Å². The molecule has 0 aliphatic carbocycles. The summed E-state index contributed by atoms with van der Waals surface area (Å²) in [5.41, 5.74) is 2.11. The van der Waals surface area contributed by atoms with E-state index in [9.17, 15) is 4.79 Å². The first-order valence-corrected chi connectivity index (χ1v) is 7.34. The topological polar surface area (TPSA) is 39.4 Å². The number of rotatable bonds is 3. The number of fused-ring (bicyclic) bond motifs is 1. The van der Waals surface area contributed by atoms with Crippen molar-refractivity contribution >= 4 is 26.9 Å². The van der Waals surface area contributed by atoms with E-state index >= 15 is 0 Å². The van der Waals surface area contributed by atoms with Crippen LogP contribution in [0.1, 0.15) is 11.1 Å². The molecule has 0 amide bonds. The van der Waals surface area contributed by atoms with Crippen LogP contribution < -0.4 is 10.4 Å². The molecule has 0 saturated carbocycles. The van der Waals surface area contributed by atoms with Crippen LogP contribution in [0.2, 0.25) is 0 Å². The summed E-state index contributed by atoms with van der Waals surface area (Å²) in [5, 5.41) is 0.807. The van der Waals surface area contributed by atoms with Crippen LogP contribution in [0.3, 0.4) is 0 Å². The molecule has 0 aliphatic heterocycles. The molecule has 4 heteroatoms. The van der Waals surface area contributed by atoms with Crippen molar-refractivity contribution in [1.82, 2.24) is 0 Å². The van der Waals surface area contributed by atoms with Gasteiger partial charge < -0.3 is 9.15 Å². The van der Waals surface area contributed by atoms with Crippen LogP contribution in [-0.2, 0) is 6.61 Å². The minimum atomic E-state index is -0.404.